The zero-order valence-corrected chi connectivity index (χ0v) is 14.9. The molecule has 1 atom stereocenters. The Morgan fingerprint density at radius 2 is 2.12 bits per heavy atom. The second kappa shape index (κ2) is 7.72. The largest absolute Gasteiger partial charge is 0.377 e. The lowest BCUT2D eigenvalue weighted by Crippen LogP contribution is -2.50. The van der Waals surface area contributed by atoms with E-state index >= 15 is 0 Å². The normalized spacial score (nSPS) is 17.7. The Hall–Kier alpha value is -1.99. The minimum absolute atomic E-state index is 0. The average molecular weight is 352 g/mol. The van der Waals surface area contributed by atoms with Crippen LogP contribution >= 0.6 is 12.4 Å². The van der Waals surface area contributed by atoms with Crippen molar-refractivity contribution in [3.8, 4) is 11.4 Å². The molecule has 1 fully saturated rings. The van der Waals surface area contributed by atoms with Crippen molar-refractivity contribution in [3.05, 3.63) is 35.0 Å². The number of halogens is 1. The van der Waals surface area contributed by atoms with Crippen molar-refractivity contribution in [1.82, 2.24) is 19.5 Å². The Labute approximate surface area is 147 Å². The molecule has 3 rings (SSSR count). The van der Waals surface area contributed by atoms with E-state index in [1.165, 1.54) is 12.4 Å². The van der Waals surface area contributed by atoms with Gasteiger partial charge in [-0.15, -0.1) is 12.4 Å². The third-order valence-electron chi connectivity index (χ3n) is 4.15. The van der Waals surface area contributed by atoms with Gasteiger partial charge >= 0.3 is 0 Å². The molecule has 2 aromatic heterocycles. The molecule has 8 heteroatoms. The van der Waals surface area contributed by atoms with Crippen LogP contribution in [0.3, 0.4) is 0 Å². The Kier molecular flexibility index (Phi) is 5.90. The Bertz CT molecular complexity index is 735. The first-order valence-corrected chi connectivity index (χ1v) is 7.76. The topological polar surface area (TPSA) is 73.1 Å². The third kappa shape index (κ3) is 3.57. The molecule has 0 saturated carbocycles. The molecule has 7 nitrogen and oxygen atoms in total. The average Bonchev–Trinajstić information content (AvgIpc) is 2.58. The predicted molar refractivity (Wildman–Crippen MR) is 94.5 cm³/mol. The van der Waals surface area contributed by atoms with Crippen LogP contribution in [0.1, 0.15) is 13.8 Å². The molecule has 3 heterocycles. The monoisotopic (exact) mass is 351 g/mol. The van der Waals surface area contributed by atoms with E-state index in [4.69, 9.17) is 9.72 Å². The molecule has 0 bridgehead atoms. The van der Waals surface area contributed by atoms with Crippen LogP contribution in [-0.4, -0.2) is 45.3 Å². The van der Waals surface area contributed by atoms with Crippen molar-refractivity contribution in [2.75, 3.05) is 24.7 Å². The summed E-state index contributed by atoms with van der Waals surface area (Å²) in [5, 5.41) is 0. The van der Waals surface area contributed by atoms with Crippen LogP contribution in [0.2, 0.25) is 0 Å². The molecule has 0 aliphatic carbocycles. The highest BCUT2D eigenvalue weighted by atomic mass is 35.5. The molecule has 1 saturated heterocycles. The zero-order chi connectivity index (χ0) is 16.4. The molecular formula is C16H22ClN5O2. The molecule has 130 valence electrons. The molecule has 24 heavy (non-hydrogen) atoms. The summed E-state index contributed by atoms with van der Waals surface area (Å²) in [5.41, 5.74) is 1.12. The first-order valence-electron chi connectivity index (χ1n) is 7.76. The van der Waals surface area contributed by atoms with Crippen molar-refractivity contribution < 1.29 is 4.74 Å². The molecule has 0 N–H and O–H groups in total. The summed E-state index contributed by atoms with van der Waals surface area (Å²) in [7, 11) is 1.75. The molecule has 0 radical (unpaired) electrons. The summed E-state index contributed by atoms with van der Waals surface area (Å²) in [6, 6.07) is 3.46. The van der Waals surface area contributed by atoms with Crippen LogP contribution in [0.15, 0.2) is 29.5 Å². The maximum absolute atomic E-state index is 12.4. The van der Waals surface area contributed by atoms with Crippen molar-refractivity contribution >= 4 is 18.4 Å². The van der Waals surface area contributed by atoms with Gasteiger partial charge in [0.2, 0.25) is 5.95 Å². The van der Waals surface area contributed by atoms with Crippen molar-refractivity contribution in [2.45, 2.75) is 19.9 Å². The lowest BCUT2D eigenvalue weighted by molar-refractivity contribution is 0.0793. The van der Waals surface area contributed by atoms with Gasteiger partial charge in [0, 0.05) is 25.9 Å². The highest BCUT2D eigenvalue weighted by molar-refractivity contribution is 5.85. The summed E-state index contributed by atoms with van der Waals surface area (Å²) < 4.78 is 7.19. The number of morpholine rings is 1. The smallest absolute Gasteiger partial charge is 0.255 e. The minimum atomic E-state index is -0.0994. The van der Waals surface area contributed by atoms with E-state index in [0.717, 1.165) is 6.54 Å². The maximum Gasteiger partial charge on any atom is 0.255 e. The van der Waals surface area contributed by atoms with Crippen LogP contribution in [0.4, 0.5) is 5.95 Å². The van der Waals surface area contributed by atoms with E-state index in [0.29, 0.717) is 36.5 Å². The Morgan fingerprint density at radius 1 is 1.33 bits per heavy atom. The Balaban J connectivity index is 0.00000208. The zero-order valence-electron chi connectivity index (χ0n) is 14.0. The summed E-state index contributed by atoms with van der Waals surface area (Å²) in [4.78, 5) is 27.3. The summed E-state index contributed by atoms with van der Waals surface area (Å²) in [6.07, 6.45) is 3.10. The highest BCUT2D eigenvalue weighted by Crippen LogP contribution is 2.23. The van der Waals surface area contributed by atoms with Crippen LogP contribution in [-0.2, 0) is 11.8 Å². The van der Waals surface area contributed by atoms with Gasteiger partial charge in [-0.25, -0.2) is 15.0 Å². The van der Waals surface area contributed by atoms with Gasteiger partial charge in [0.1, 0.15) is 6.33 Å². The van der Waals surface area contributed by atoms with Gasteiger partial charge < -0.3 is 9.64 Å². The lowest BCUT2D eigenvalue weighted by Gasteiger charge is -2.39. The third-order valence-corrected chi connectivity index (χ3v) is 4.15. The van der Waals surface area contributed by atoms with Gasteiger partial charge in [0.15, 0.2) is 0 Å². The summed E-state index contributed by atoms with van der Waals surface area (Å²) >= 11 is 0. The molecule has 2 aromatic rings. The molecule has 0 spiro atoms. The van der Waals surface area contributed by atoms with Crippen molar-refractivity contribution in [2.24, 2.45) is 13.0 Å². The quantitative estimate of drug-likeness (QED) is 0.834. The number of rotatable bonds is 3. The van der Waals surface area contributed by atoms with E-state index in [1.807, 2.05) is 0 Å². The fraction of sp³-hybridized carbons (Fsp3) is 0.500. The predicted octanol–water partition coefficient (Wildman–Crippen LogP) is 1.52. The van der Waals surface area contributed by atoms with Gasteiger partial charge in [0.25, 0.3) is 5.56 Å². The number of aromatic nitrogens is 4. The molecule has 0 aromatic carbocycles. The van der Waals surface area contributed by atoms with E-state index in [1.54, 1.807) is 23.9 Å². The second-order valence-corrected chi connectivity index (χ2v) is 6.01. The number of hydrogen-bond acceptors (Lipinski definition) is 6. The number of nitrogens with zero attached hydrogens (tertiary/aromatic N) is 5. The van der Waals surface area contributed by atoms with E-state index in [-0.39, 0.29) is 24.0 Å². The summed E-state index contributed by atoms with van der Waals surface area (Å²) in [5.74, 6) is 1.06. The minimum Gasteiger partial charge on any atom is -0.377 e. The molecule has 0 amide bonds. The van der Waals surface area contributed by atoms with Gasteiger partial charge in [-0.2, -0.15) is 0 Å². The molecule has 1 aliphatic heterocycles. The Morgan fingerprint density at radius 3 is 2.79 bits per heavy atom. The first kappa shape index (κ1) is 18.4. The molecule has 0 unspecified atom stereocenters. The fourth-order valence-electron chi connectivity index (χ4n) is 2.78. The van der Waals surface area contributed by atoms with E-state index in [2.05, 4.69) is 28.7 Å². The van der Waals surface area contributed by atoms with E-state index < -0.39 is 0 Å². The number of anilines is 1. The number of hydrogen-bond donors (Lipinski definition) is 0. The SMILES string of the molecule is CC(C)[C@@H]1COCCN1c1nc(-c2ccncn2)cc(=O)n1C.Cl. The van der Waals surface area contributed by atoms with E-state index in [9.17, 15) is 4.79 Å². The van der Waals surface area contributed by atoms with Crippen LogP contribution in [0, 0.1) is 5.92 Å². The standard InChI is InChI=1S/C16H21N5O2.ClH/c1-11(2)14-9-23-7-6-21(14)16-19-13(8-15(22)20(16)3)12-4-5-17-10-18-12;/h4-5,8,10-11,14H,6-7,9H2,1-3H3;1H/t14-;/m0./s1. The molecular weight excluding hydrogens is 330 g/mol. The van der Waals surface area contributed by atoms with Crippen LogP contribution in [0.25, 0.3) is 11.4 Å². The summed E-state index contributed by atoms with van der Waals surface area (Å²) in [6.45, 7) is 6.30. The van der Waals surface area contributed by atoms with Crippen molar-refractivity contribution in [3.63, 3.8) is 0 Å². The first-order chi connectivity index (χ1) is 11.1. The van der Waals surface area contributed by atoms with Crippen LogP contribution in [0.5, 0.6) is 0 Å². The highest BCUT2D eigenvalue weighted by Gasteiger charge is 2.29. The molecule has 1 aliphatic rings. The van der Waals surface area contributed by atoms with Gasteiger partial charge in [-0.1, -0.05) is 13.8 Å². The van der Waals surface area contributed by atoms with Gasteiger partial charge in [-0.05, 0) is 12.0 Å². The lowest BCUT2D eigenvalue weighted by atomic mass is 10.0. The van der Waals surface area contributed by atoms with Gasteiger partial charge in [0.05, 0.1) is 30.6 Å². The fourth-order valence-corrected chi connectivity index (χ4v) is 2.78. The van der Waals surface area contributed by atoms with Gasteiger partial charge in [-0.3, -0.25) is 9.36 Å². The van der Waals surface area contributed by atoms with Crippen molar-refractivity contribution in [1.29, 1.82) is 0 Å². The number of ether oxygens (including phenoxy) is 1. The second-order valence-electron chi connectivity index (χ2n) is 6.01. The van der Waals surface area contributed by atoms with Crippen LogP contribution < -0.4 is 10.5 Å². The maximum atomic E-state index is 12.4.